The van der Waals surface area contributed by atoms with Crippen molar-refractivity contribution in [2.45, 2.75) is 85.2 Å². The standard InChI is InChI=1S/C11H19N3O2.C9H19NO5S/c1-9(8-14-7-5-6-12-14)13-10(15)16-11(2,3)4;1-7(6-14-16(5,12)13)10-8(11)15-9(2,3)4/h5-7,9H,8H2,1-4H3,(H,13,15);7H,6H2,1-5H3,(H,10,11)/t9-;7-/m11/s1. The van der Waals surface area contributed by atoms with Gasteiger partial charge in [-0.05, 0) is 61.5 Å². The van der Waals surface area contributed by atoms with Crippen LogP contribution in [-0.2, 0) is 30.3 Å². The number of ether oxygens (including phenoxy) is 2. The number of carbonyl (C=O) groups excluding carboxylic acids is 2. The van der Waals surface area contributed by atoms with Gasteiger partial charge in [0.25, 0.3) is 10.1 Å². The zero-order chi connectivity index (χ0) is 25.2. The van der Waals surface area contributed by atoms with Gasteiger partial charge in [-0.2, -0.15) is 13.5 Å². The third kappa shape index (κ3) is 18.4. The number of nitrogens with one attached hydrogen (secondary N) is 2. The van der Waals surface area contributed by atoms with E-state index in [9.17, 15) is 18.0 Å². The van der Waals surface area contributed by atoms with Crippen molar-refractivity contribution in [3.05, 3.63) is 18.5 Å². The topological polar surface area (TPSA) is 138 Å². The molecule has 2 N–H and O–H groups in total. The van der Waals surface area contributed by atoms with Gasteiger partial charge in [0.05, 0.1) is 25.4 Å². The monoisotopic (exact) mass is 478 g/mol. The van der Waals surface area contributed by atoms with Gasteiger partial charge in [-0.3, -0.25) is 8.86 Å². The lowest BCUT2D eigenvalue weighted by Gasteiger charge is -2.21. The molecule has 12 heteroatoms. The van der Waals surface area contributed by atoms with Crippen LogP contribution in [0.5, 0.6) is 0 Å². The highest BCUT2D eigenvalue weighted by atomic mass is 32.2. The van der Waals surface area contributed by atoms with Crippen LogP contribution in [0.1, 0.15) is 55.4 Å². The molecule has 0 fully saturated rings. The van der Waals surface area contributed by atoms with E-state index in [1.807, 2.05) is 40.0 Å². The first-order valence-corrected chi connectivity index (χ1v) is 12.0. The highest BCUT2D eigenvalue weighted by Crippen LogP contribution is 2.07. The maximum absolute atomic E-state index is 11.4. The van der Waals surface area contributed by atoms with Crippen LogP contribution in [0, 0.1) is 0 Å². The summed E-state index contributed by atoms with van der Waals surface area (Å²) in [5, 5.41) is 9.27. The largest absolute Gasteiger partial charge is 0.444 e. The first-order valence-electron chi connectivity index (χ1n) is 10.2. The minimum Gasteiger partial charge on any atom is -0.444 e. The third-order valence-corrected chi connectivity index (χ3v) is 3.64. The number of aromatic nitrogens is 2. The van der Waals surface area contributed by atoms with Crippen LogP contribution in [0.15, 0.2) is 18.5 Å². The van der Waals surface area contributed by atoms with Gasteiger partial charge in [-0.15, -0.1) is 0 Å². The molecule has 0 aromatic carbocycles. The second-order valence-corrected chi connectivity index (χ2v) is 11.0. The molecule has 1 rings (SSSR count). The highest BCUT2D eigenvalue weighted by molar-refractivity contribution is 7.85. The van der Waals surface area contributed by atoms with E-state index in [1.165, 1.54) is 0 Å². The van der Waals surface area contributed by atoms with E-state index in [0.717, 1.165) is 6.26 Å². The van der Waals surface area contributed by atoms with Crippen LogP contribution in [0.4, 0.5) is 9.59 Å². The van der Waals surface area contributed by atoms with Crippen LogP contribution in [0.2, 0.25) is 0 Å². The summed E-state index contributed by atoms with van der Waals surface area (Å²) in [5.41, 5.74) is -1.04. The molecule has 0 radical (unpaired) electrons. The zero-order valence-corrected chi connectivity index (χ0v) is 21.3. The number of hydrogen-bond donors (Lipinski definition) is 2. The number of carbonyl (C=O) groups is 2. The Bertz CT molecular complexity index is 797. The molecule has 1 aromatic rings. The van der Waals surface area contributed by atoms with Crippen LogP contribution >= 0.6 is 0 Å². The fraction of sp³-hybridized carbons (Fsp3) is 0.750. The lowest BCUT2D eigenvalue weighted by atomic mass is 10.2. The Labute approximate surface area is 191 Å². The molecule has 11 nitrogen and oxygen atoms in total. The van der Waals surface area contributed by atoms with Crippen LogP contribution in [0.25, 0.3) is 0 Å². The molecule has 0 bridgehead atoms. The Balaban J connectivity index is 0.000000601. The molecule has 0 spiro atoms. The van der Waals surface area contributed by atoms with Gasteiger partial charge in [-0.1, -0.05) is 0 Å². The molecule has 0 saturated heterocycles. The Morgan fingerprint density at radius 2 is 1.44 bits per heavy atom. The molecule has 2 amide bonds. The Morgan fingerprint density at radius 3 is 1.81 bits per heavy atom. The minimum absolute atomic E-state index is 0.0188. The number of hydrogen-bond acceptors (Lipinski definition) is 8. The minimum atomic E-state index is -3.48. The predicted molar refractivity (Wildman–Crippen MR) is 121 cm³/mol. The first kappa shape index (κ1) is 29.7. The van der Waals surface area contributed by atoms with Crippen LogP contribution < -0.4 is 10.6 Å². The predicted octanol–water partition coefficient (Wildman–Crippen LogP) is 2.67. The Kier molecular flexibility index (Phi) is 11.7. The lowest BCUT2D eigenvalue weighted by Crippen LogP contribution is -2.40. The van der Waals surface area contributed by atoms with Crippen molar-refractivity contribution in [3.63, 3.8) is 0 Å². The van der Waals surface area contributed by atoms with Crippen molar-refractivity contribution >= 4 is 22.3 Å². The lowest BCUT2D eigenvalue weighted by molar-refractivity contribution is 0.0486. The van der Waals surface area contributed by atoms with Crippen LogP contribution in [-0.4, -0.2) is 66.5 Å². The summed E-state index contributed by atoms with van der Waals surface area (Å²) < 4.78 is 37.8. The van der Waals surface area contributed by atoms with E-state index in [4.69, 9.17) is 9.47 Å². The molecule has 0 aliphatic rings. The molecular formula is C20H38N4O7S. The molecule has 0 unspecified atom stereocenters. The molecule has 0 aliphatic carbocycles. The average molecular weight is 479 g/mol. The summed E-state index contributed by atoms with van der Waals surface area (Å²) in [6.07, 6.45) is 3.52. The average Bonchev–Trinajstić information content (AvgIpc) is 3.01. The molecule has 2 atom stereocenters. The summed E-state index contributed by atoms with van der Waals surface area (Å²) in [4.78, 5) is 22.7. The maximum Gasteiger partial charge on any atom is 0.407 e. The van der Waals surface area contributed by atoms with Crippen molar-refractivity contribution in [1.82, 2.24) is 20.4 Å². The van der Waals surface area contributed by atoms with E-state index < -0.39 is 39.5 Å². The summed E-state index contributed by atoms with van der Waals surface area (Å²) in [5.74, 6) is 0. The highest BCUT2D eigenvalue weighted by Gasteiger charge is 2.19. The number of amides is 2. The summed E-state index contributed by atoms with van der Waals surface area (Å²) in [7, 11) is -3.48. The van der Waals surface area contributed by atoms with E-state index in [2.05, 4.69) is 19.9 Å². The molecule has 0 aliphatic heterocycles. The van der Waals surface area contributed by atoms with Crippen molar-refractivity contribution in [2.24, 2.45) is 0 Å². The number of nitrogens with zero attached hydrogens (tertiary/aromatic N) is 2. The van der Waals surface area contributed by atoms with Crippen LogP contribution in [0.3, 0.4) is 0 Å². The zero-order valence-electron chi connectivity index (χ0n) is 20.5. The Hall–Kier alpha value is -2.34. The normalized spacial score (nSPS) is 13.8. The molecule has 186 valence electrons. The van der Waals surface area contributed by atoms with E-state index >= 15 is 0 Å². The second-order valence-electron chi connectivity index (χ2n) is 9.31. The second kappa shape index (κ2) is 12.6. The quantitative estimate of drug-likeness (QED) is 0.571. The van der Waals surface area contributed by atoms with Crippen molar-refractivity contribution < 1.29 is 31.7 Å². The van der Waals surface area contributed by atoms with Gasteiger partial charge in [-0.25, -0.2) is 9.59 Å². The Morgan fingerprint density at radius 1 is 0.969 bits per heavy atom. The van der Waals surface area contributed by atoms with E-state index in [0.29, 0.717) is 6.54 Å². The smallest absolute Gasteiger partial charge is 0.407 e. The van der Waals surface area contributed by atoms with Gasteiger partial charge in [0, 0.05) is 18.4 Å². The summed E-state index contributed by atoms with van der Waals surface area (Å²) in [6.45, 7) is 14.8. The van der Waals surface area contributed by atoms with E-state index in [-0.39, 0.29) is 12.6 Å². The molecule has 1 heterocycles. The van der Waals surface area contributed by atoms with Crippen molar-refractivity contribution in [3.8, 4) is 0 Å². The van der Waals surface area contributed by atoms with E-state index in [1.54, 1.807) is 38.6 Å². The first-order chi connectivity index (χ1) is 14.4. The fourth-order valence-electron chi connectivity index (χ4n) is 2.02. The van der Waals surface area contributed by atoms with Crippen molar-refractivity contribution in [1.29, 1.82) is 0 Å². The van der Waals surface area contributed by atoms with Gasteiger partial charge in [0.15, 0.2) is 0 Å². The fourth-order valence-corrected chi connectivity index (χ4v) is 2.47. The maximum atomic E-state index is 11.4. The number of rotatable bonds is 7. The SMILES string of the molecule is C[C@H](COS(C)(=O)=O)NC(=O)OC(C)(C)C.C[C@H](Cn1cccn1)NC(=O)OC(C)(C)C. The molecule has 0 saturated carbocycles. The van der Waals surface area contributed by atoms with Gasteiger partial charge >= 0.3 is 12.2 Å². The van der Waals surface area contributed by atoms with Gasteiger partial charge < -0.3 is 20.1 Å². The van der Waals surface area contributed by atoms with Gasteiger partial charge in [0.2, 0.25) is 0 Å². The third-order valence-electron chi connectivity index (χ3n) is 3.08. The van der Waals surface area contributed by atoms with Gasteiger partial charge in [0.1, 0.15) is 11.2 Å². The number of alkyl carbamates (subject to hydrolysis) is 2. The molecule has 32 heavy (non-hydrogen) atoms. The molecular weight excluding hydrogens is 440 g/mol. The molecule has 1 aromatic heterocycles. The summed E-state index contributed by atoms with van der Waals surface area (Å²) in [6, 6.07) is 1.39. The van der Waals surface area contributed by atoms with Crippen molar-refractivity contribution in [2.75, 3.05) is 12.9 Å². The summed E-state index contributed by atoms with van der Waals surface area (Å²) >= 11 is 0.